The number of fused-ring (bicyclic) bond motifs is 1. The Morgan fingerprint density at radius 3 is 2.26 bits per heavy atom. The number of amides is 1. The average Bonchev–Trinajstić information content (AvgIpc) is 3.06. The minimum atomic E-state index is -5.15. The Labute approximate surface area is 224 Å². The maximum atomic E-state index is 14.0. The summed E-state index contributed by atoms with van der Waals surface area (Å²) in [6.07, 6.45) is -4.74. The summed E-state index contributed by atoms with van der Waals surface area (Å²) in [5.74, 6) is -1.57. The van der Waals surface area contributed by atoms with Gasteiger partial charge in [0.25, 0.3) is 0 Å². The standard InChI is InChI=1S/C30H27F3N2O4/c1-17-8-10-18(11-9-17)28-27-22(34-21-6-4-5-7-23(21)35(28)29(37)30(31,32)33)14-20(15-24(27)36)19-12-13-25(38-2)26(16-19)39-3/h4-13,16,20,28,34H,14-15H2,1-3H3/t20-,28+/m1/s1. The number of aryl methyl sites for hydroxylation is 1. The minimum Gasteiger partial charge on any atom is -0.493 e. The number of carbonyl (C=O) groups is 2. The van der Waals surface area contributed by atoms with E-state index in [2.05, 4.69) is 5.32 Å². The first-order valence-electron chi connectivity index (χ1n) is 12.4. The highest BCUT2D eigenvalue weighted by molar-refractivity contribution is 6.07. The van der Waals surface area contributed by atoms with Crippen LogP contribution < -0.4 is 19.7 Å². The van der Waals surface area contributed by atoms with Crippen LogP contribution in [0.4, 0.5) is 24.5 Å². The van der Waals surface area contributed by atoms with Crippen molar-refractivity contribution in [2.45, 2.75) is 37.9 Å². The van der Waals surface area contributed by atoms with E-state index in [-0.39, 0.29) is 29.4 Å². The highest BCUT2D eigenvalue weighted by Gasteiger charge is 2.50. The van der Waals surface area contributed by atoms with Gasteiger partial charge in [0.15, 0.2) is 17.3 Å². The molecule has 2 atom stereocenters. The van der Waals surface area contributed by atoms with Crippen molar-refractivity contribution >= 4 is 23.1 Å². The van der Waals surface area contributed by atoms with Gasteiger partial charge in [-0.15, -0.1) is 0 Å². The zero-order valence-electron chi connectivity index (χ0n) is 21.6. The molecule has 0 unspecified atom stereocenters. The van der Waals surface area contributed by atoms with Crippen molar-refractivity contribution in [2.75, 3.05) is 24.4 Å². The molecule has 0 saturated carbocycles. The minimum absolute atomic E-state index is 0.0512. The molecule has 1 heterocycles. The molecule has 6 nitrogen and oxygen atoms in total. The van der Waals surface area contributed by atoms with Gasteiger partial charge in [0.1, 0.15) is 0 Å². The number of allylic oxidation sites excluding steroid dienone is 1. The molecule has 0 bridgehead atoms. The van der Waals surface area contributed by atoms with Crippen LogP contribution in [0.25, 0.3) is 0 Å². The summed E-state index contributed by atoms with van der Waals surface area (Å²) in [6, 6.07) is 17.3. The molecule has 0 aromatic heterocycles. The van der Waals surface area contributed by atoms with E-state index < -0.39 is 18.1 Å². The van der Waals surface area contributed by atoms with Gasteiger partial charge in [-0.25, -0.2) is 0 Å². The molecule has 1 N–H and O–H groups in total. The van der Waals surface area contributed by atoms with Gasteiger partial charge >= 0.3 is 12.1 Å². The number of benzene rings is 3. The van der Waals surface area contributed by atoms with Crippen molar-refractivity contribution in [2.24, 2.45) is 0 Å². The molecule has 39 heavy (non-hydrogen) atoms. The third kappa shape index (κ3) is 4.84. The van der Waals surface area contributed by atoms with Gasteiger partial charge in [-0.1, -0.05) is 48.0 Å². The second-order valence-electron chi connectivity index (χ2n) is 9.66. The number of halogens is 3. The second kappa shape index (κ2) is 10.1. The zero-order chi connectivity index (χ0) is 27.9. The molecule has 0 spiro atoms. The molecule has 0 saturated heterocycles. The van der Waals surface area contributed by atoms with E-state index in [0.717, 1.165) is 11.1 Å². The molecule has 5 rings (SSSR count). The van der Waals surface area contributed by atoms with Gasteiger partial charge in [-0.05, 0) is 54.7 Å². The SMILES string of the molecule is COc1ccc([C@H]2CC(=O)C3=C(C2)Nc2ccccc2N(C(=O)C(F)(F)F)[C@H]3c2ccc(C)cc2)cc1OC. The molecular weight excluding hydrogens is 509 g/mol. The largest absolute Gasteiger partial charge is 0.493 e. The summed E-state index contributed by atoms with van der Waals surface area (Å²) < 4.78 is 52.8. The molecule has 1 aliphatic carbocycles. The number of Topliss-reactive ketones (excluding diaryl/α,β-unsaturated/α-hetero) is 1. The van der Waals surface area contributed by atoms with E-state index in [4.69, 9.17) is 9.47 Å². The molecule has 0 fully saturated rings. The summed E-state index contributed by atoms with van der Waals surface area (Å²) in [7, 11) is 3.06. The lowest BCUT2D eigenvalue weighted by Crippen LogP contribution is -2.45. The maximum Gasteiger partial charge on any atom is 0.471 e. The topological polar surface area (TPSA) is 67.9 Å². The summed E-state index contributed by atoms with van der Waals surface area (Å²) in [5.41, 5.74) is 3.17. The van der Waals surface area contributed by atoms with Gasteiger partial charge < -0.3 is 14.8 Å². The Bertz CT molecular complexity index is 1460. The summed E-state index contributed by atoms with van der Waals surface area (Å²) in [6.45, 7) is 1.86. The van der Waals surface area contributed by atoms with Crippen molar-refractivity contribution in [3.63, 3.8) is 0 Å². The Kier molecular flexibility index (Phi) is 6.84. The summed E-state index contributed by atoms with van der Waals surface area (Å²) in [4.78, 5) is 27.6. The van der Waals surface area contributed by atoms with Crippen molar-refractivity contribution in [1.82, 2.24) is 0 Å². The van der Waals surface area contributed by atoms with Crippen molar-refractivity contribution < 1.29 is 32.2 Å². The molecule has 0 radical (unpaired) electrons. The number of hydrogen-bond donors (Lipinski definition) is 1. The van der Waals surface area contributed by atoms with E-state index in [9.17, 15) is 22.8 Å². The number of rotatable bonds is 4. The Balaban J connectivity index is 1.69. The number of methoxy groups -OCH3 is 2. The number of anilines is 2. The van der Waals surface area contributed by atoms with Gasteiger partial charge in [-0.3, -0.25) is 14.5 Å². The highest BCUT2D eigenvalue weighted by Crippen LogP contribution is 2.49. The molecule has 9 heteroatoms. The second-order valence-corrected chi connectivity index (χ2v) is 9.66. The maximum absolute atomic E-state index is 14.0. The van der Waals surface area contributed by atoms with Gasteiger partial charge in [0.2, 0.25) is 0 Å². The molecule has 3 aromatic rings. The fourth-order valence-electron chi connectivity index (χ4n) is 5.36. The van der Waals surface area contributed by atoms with Crippen LogP contribution in [0.5, 0.6) is 11.5 Å². The van der Waals surface area contributed by atoms with Crippen LogP contribution in [0.1, 0.15) is 41.5 Å². The van der Waals surface area contributed by atoms with Crippen LogP contribution in [0.3, 0.4) is 0 Å². The van der Waals surface area contributed by atoms with Crippen molar-refractivity contribution in [1.29, 1.82) is 0 Å². The van der Waals surface area contributed by atoms with Crippen LogP contribution in [0.15, 0.2) is 78.0 Å². The molecule has 3 aromatic carbocycles. The number of hydrogen-bond acceptors (Lipinski definition) is 5. The fraction of sp³-hybridized carbons (Fsp3) is 0.267. The predicted octanol–water partition coefficient (Wildman–Crippen LogP) is 6.48. The first-order valence-corrected chi connectivity index (χ1v) is 12.4. The van der Waals surface area contributed by atoms with Gasteiger partial charge in [0, 0.05) is 17.7 Å². The van der Waals surface area contributed by atoms with E-state index in [1.54, 1.807) is 48.5 Å². The molecule has 1 amide bonds. The number of para-hydroxylation sites is 2. The van der Waals surface area contributed by atoms with Gasteiger partial charge in [0.05, 0.1) is 31.6 Å². The van der Waals surface area contributed by atoms with Crippen LogP contribution >= 0.6 is 0 Å². The van der Waals surface area contributed by atoms with Crippen LogP contribution in [0, 0.1) is 6.92 Å². The molecule has 2 aliphatic rings. The predicted molar refractivity (Wildman–Crippen MR) is 141 cm³/mol. The Morgan fingerprint density at radius 2 is 1.59 bits per heavy atom. The first-order chi connectivity index (χ1) is 18.6. The third-order valence-electron chi connectivity index (χ3n) is 7.22. The van der Waals surface area contributed by atoms with Crippen LogP contribution in [0.2, 0.25) is 0 Å². The summed E-state index contributed by atoms with van der Waals surface area (Å²) in [5, 5.41) is 3.23. The van der Waals surface area contributed by atoms with Gasteiger partial charge in [-0.2, -0.15) is 13.2 Å². The highest BCUT2D eigenvalue weighted by atomic mass is 19.4. The number of ether oxygens (including phenoxy) is 2. The van der Waals surface area contributed by atoms with E-state index in [1.165, 1.54) is 20.3 Å². The first kappa shape index (κ1) is 26.3. The van der Waals surface area contributed by atoms with Crippen LogP contribution in [-0.4, -0.2) is 32.1 Å². The lowest BCUT2D eigenvalue weighted by molar-refractivity contribution is -0.170. The Hall–Kier alpha value is -4.27. The fourth-order valence-corrected chi connectivity index (χ4v) is 5.36. The number of alkyl halides is 3. The lowest BCUT2D eigenvalue weighted by atomic mass is 9.78. The number of nitrogens with one attached hydrogen (secondary N) is 1. The van der Waals surface area contributed by atoms with E-state index >= 15 is 0 Å². The molecule has 202 valence electrons. The third-order valence-corrected chi connectivity index (χ3v) is 7.22. The number of carbonyl (C=O) groups excluding carboxylic acids is 2. The quantitative estimate of drug-likeness (QED) is 0.414. The van der Waals surface area contributed by atoms with Crippen molar-refractivity contribution in [3.8, 4) is 11.5 Å². The van der Waals surface area contributed by atoms with Crippen molar-refractivity contribution in [3.05, 3.63) is 94.7 Å². The average molecular weight is 537 g/mol. The lowest BCUT2D eigenvalue weighted by Gasteiger charge is -2.35. The number of ketones is 1. The number of nitrogens with zero attached hydrogens (tertiary/aromatic N) is 1. The molecule has 1 aliphatic heterocycles. The monoisotopic (exact) mass is 536 g/mol. The van der Waals surface area contributed by atoms with Crippen LogP contribution in [-0.2, 0) is 9.59 Å². The normalized spacial score (nSPS) is 19.0. The Morgan fingerprint density at radius 1 is 0.923 bits per heavy atom. The zero-order valence-corrected chi connectivity index (χ0v) is 21.6. The summed E-state index contributed by atoms with van der Waals surface area (Å²) >= 11 is 0. The van der Waals surface area contributed by atoms with E-state index in [1.807, 2.05) is 19.1 Å². The smallest absolute Gasteiger partial charge is 0.471 e. The van der Waals surface area contributed by atoms with E-state index in [0.29, 0.717) is 39.8 Å². The molecular formula is C30H27F3N2O4.